The first-order valence-corrected chi connectivity index (χ1v) is 4.63. The number of hydrogen-bond acceptors (Lipinski definition) is 1. The third-order valence-corrected chi connectivity index (χ3v) is 1.99. The second-order valence-corrected chi connectivity index (χ2v) is 3.15. The van der Waals surface area contributed by atoms with E-state index in [2.05, 4.69) is 11.2 Å². The van der Waals surface area contributed by atoms with Gasteiger partial charge in [-0.3, -0.25) is 4.79 Å². The maximum absolute atomic E-state index is 13.5. The van der Waals surface area contributed by atoms with Crippen LogP contribution in [0.5, 0.6) is 0 Å². The molecule has 1 N–H and O–H groups in total. The summed E-state index contributed by atoms with van der Waals surface area (Å²) < 4.78 is 13.5. The summed E-state index contributed by atoms with van der Waals surface area (Å²) in [6, 6.07) is 4.72. The van der Waals surface area contributed by atoms with Gasteiger partial charge in [-0.05, 0) is 18.6 Å². The van der Waals surface area contributed by atoms with Crippen molar-refractivity contribution in [3.63, 3.8) is 0 Å². The average molecular weight is 205 g/mol. The van der Waals surface area contributed by atoms with Crippen LogP contribution in [0.1, 0.15) is 22.3 Å². The number of carbonyl (C=O) groups is 1. The molecular weight excluding hydrogens is 193 g/mol. The largest absolute Gasteiger partial charge is 0.351 e. The summed E-state index contributed by atoms with van der Waals surface area (Å²) in [6.07, 6.45) is 5.48. The van der Waals surface area contributed by atoms with Crippen LogP contribution >= 0.6 is 0 Å². The molecule has 0 bridgehead atoms. The molecule has 0 aromatic heterocycles. The van der Waals surface area contributed by atoms with Gasteiger partial charge in [0.2, 0.25) is 0 Å². The van der Waals surface area contributed by atoms with E-state index in [1.54, 1.807) is 19.1 Å². The topological polar surface area (TPSA) is 29.1 Å². The highest BCUT2D eigenvalue weighted by Gasteiger charge is 2.11. The Labute approximate surface area is 88.5 Å². The van der Waals surface area contributed by atoms with Crippen molar-refractivity contribution in [1.82, 2.24) is 5.32 Å². The summed E-state index contributed by atoms with van der Waals surface area (Å²) in [5.74, 6) is 1.49. The van der Waals surface area contributed by atoms with Crippen LogP contribution in [0.3, 0.4) is 0 Å². The number of nitrogens with one attached hydrogen (secondary N) is 1. The van der Waals surface area contributed by atoms with Gasteiger partial charge in [0, 0.05) is 13.0 Å². The van der Waals surface area contributed by atoms with Crippen molar-refractivity contribution >= 4 is 5.91 Å². The van der Waals surface area contributed by atoms with Gasteiger partial charge in [-0.2, -0.15) is 0 Å². The molecule has 3 heteroatoms. The number of carbonyl (C=O) groups excluding carboxylic acids is 1. The molecular formula is C12H12FNO. The molecule has 0 fully saturated rings. The van der Waals surface area contributed by atoms with E-state index in [-0.39, 0.29) is 5.56 Å². The fourth-order valence-electron chi connectivity index (χ4n) is 1.17. The number of amides is 1. The smallest absolute Gasteiger partial charge is 0.254 e. The van der Waals surface area contributed by atoms with Crippen LogP contribution in [0, 0.1) is 25.1 Å². The third-order valence-electron chi connectivity index (χ3n) is 1.99. The Morgan fingerprint density at radius 1 is 1.60 bits per heavy atom. The van der Waals surface area contributed by atoms with Crippen LogP contribution in [0.4, 0.5) is 4.39 Å². The number of benzene rings is 1. The van der Waals surface area contributed by atoms with Crippen LogP contribution < -0.4 is 5.32 Å². The van der Waals surface area contributed by atoms with Crippen molar-refractivity contribution in [2.45, 2.75) is 13.3 Å². The third kappa shape index (κ3) is 2.81. The van der Waals surface area contributed by atoms with Crippen LogP contribution in [0.15, 0.2) is 18.2 Å². The Hall–Kier alpha value is -1.82. The van der Waals surface area contributed by atoms with Crippen LogP contribution in [-0.2, 0) is 0 Å². The summed E-state index contributed by atoms with van der Waals surface area (Å²) in [5.41, 5.74) is 0.520. The van der Waals surface area contributed by atoms with Crippen molar-refractivity contribution in [2.75, 3.05) is 6.54 Å². The van der Waals surface area contributed by atoms with E-state index in [9.17, 15) is 9.18 Å². The molecule has 1 rings (SSSR count). The molecule has 0 aliphatic heterocycles. The lowest BCUT2D eigenvalue weighted by atomic mass is 10.1. The molecule has 0 saturated heterocycles. The normalized spacial score (nSPS) is 9.40. The molecule has 0 spiro atoms. The van der Waals surface area contributed by atoms with E-state index in [0.717, 1.165) is 0 Å². The molecule has 0 radical (unpaired) electrons. The van der Waals surface area contributed by atoms with E-state index in [1.807, 2.05) is 0 Å². The summed E-state index contributed by atoms with van der Waals surface area (Å²) in [4.78, 5) is 11.5. The lowest BCUT2D eigenvalue weighted by Crippen LogP contribution is -2.25. The SMILES string of the molecule is C#CCCNC(=O)c1cccc(C)c1F. The van der Waals surface area contributed by atoms with Gasteiger partial charge < -0.3 is 5.32 Å². The molecule has 1 amide bonds. The quantitative estimate of drug-likeness (QED) is 0.592. The summed E-state index contributed by atoms with van der Waals surface area (Å²) >= 11 is 0. The number of halogens is 1. The second-order valence-electron chi connectivity index (χ2n) is 3.15. The van der Waals surface area contributed by atoms with Crippen molar-refractivity contribution in [3.8, 4) is 12.3 Å². The minimum Gasteiger partial charge on any atom is -0.351 e. The fraction of sp³-hybridized carbons (Fsp3) is 0.250. The number of hydrogen-bond donors (Lipinski definition) is 1. The van der Waals surface area contributed by atoms with E-state index >= 15 is 0 Å². The highest BCUT2D eigenvalue weighted by Crippen LogP contribution is 2.11. The molecule has 0 saturated carbocycles. The predicted octanol–water partition coefficient (Wildman–Crippen LogP) is 1.89. The number of aryl methyl sites for hydroxylation is 1. The Bertz CT molecular complexity index is 407. The maximum Gasteiger partial charge on any atom is 0.254 e. The molecule has 0 heterocycles. The zero-order chi connectivity index (χ0) is 11.3. The van der Waals surface area contributed by atoms with Gasteiger partial charge in [0.15, 0.2) is 0 Å². The lowest BCUT2D eigenvalue weighted by Gasteiger charge is -2.05. The number of terminal acetylenes is 1. The van der Waals surface area contributed by atoms with E-state index in [1.165, 1.54) is 6.07 Å². The number of rotatable bonds is 3. The van der Waals surface area contributed by atoms with Gasteiger partial charge in [-0.25, -0.2) is 4.39 Å². The van der Waals surface area contributed by atoms with Gasteiger partial charge in [-0.1, -0.05) is 12.1 Å². The molecule has 0 aliphatic carbocycles. The monoisotopic (exact) mass is 205 g/mol. The summed E-state index contributed by atoms with van der Waals surface area (Å²) in [7, 11) is 0. The van der Waals surface area contributed by atoms with E-state index in [4.69, 9.17) is 6.42 Å². The van der Waals surface area contributed by atoms with Crippen LogP contribution in [0.2, 0.25) is 0 Å². The highest BCUT2D eigenvalue weighted by molar-refractivity contribution is 5.94. The zero-order valence-corrected chi connectivity index (χ0v) is 8.51. The Morgan fingerprint density at radius 2 is 2.33 bits per heavy atom. The van der Waals surface area contributed by atoms with Crippen molar-refractivity contribution in [1.29, 1.82) is 0 Å². The first kappa shape index (κ1) is 11.3. The van der Waals surface area contributed by atoms with Gasteiger partial charge >= 0.3 is 0 Å². The molecule has 15 heavy (non-hydrogen) atoms. The molecule has 1 aromatic carbocycles. The van der Waals surface area contributed by atoms with Crippen molar-refractivity contribution in [3.05, 3.63) is 35.1 Å². The molecule has 0 unspecified atom stereocenters. The fourth-order valence-corrected chi connectivity index (χ4v) is 1.17. The first-order valence-electron chi connectivity index (χ1n) is 4.63. The molecule has 78 valence electrons. The van der Waals surface area contributed by atoms with Gasteiger partial charge in [0.25, 0.3) is 5.91 Å². The maximum atomic E-state index is 13.5. The summed E-state index contributed by atoms with van der Waals surface area (Å²) in [5, 5.41) is 2.55. The Kier molecular flexibility index (Phi) is 3.87. The average Bonchev–Trinajstić information content (AvgIpc) is 2.22. The van der Waals surface area contributed by atoms with Crippen molar-refractivity contribution < 1.29 is 9.18 Å². The van der Waals surface area contributed by atoms with E-state index in [0.29, 0.717) is 18.5 Å². The highest BCUT2D eigenvalue weighted by atomic mass is 19.1. The lowest BCUT2D eigenvalue weighted by molar-refractivity contribution is 0.0950. The molecule has 0 aliphatic rings. The Balaban J connectivity index is 2.75. The minimum atomic E-state index is -0.476. The second kappa shape index (κ2) is 5.16. The standard InChI is InChI=1S/C12H12FNO/c1-3-4-8-14-12(15)10-7-5-6-9(2)11(10)13/h1,5-7H,4,8H2,2H3,(H,14,15). The van der Waals surface area contributed by atoms with Gasteiger partial charge in [-0.15, -0.1) is 12.3 Å². The first-order chi connectivity index (χ1) is 7.16. The van der Waals surface area contributed by atoms with Crippen LogP contribution in [0.25, 0.3) is 0 Å². The van der Waals surface area contributed by atoms with Crippen LogP contribution in [-0.4, -0.2) is 12.5 Å². The Morgan fingerprint density at radius 3 is 3.00 bits per heavy atom. The van der Waals surface area contributed by atoms with Gasteiger partial charge in [0.05, 0.1) is 5.56 Å². The van der Waals surface area contributed by atoms with E-state index < -0.39 is 11.7 Å². The minimum absolute atomic E-state index is 0.0621. The summed E-state index contributed by atoms with van der Waals surface area (Å²) in [6.45, 7) is 1.98. The van der Waals surface area contributed by atoms with Crippen molar-refractivity contribution in [2.24, 2.45) is 0 Å². The van der Waals surface area contributed by atoms with Gasteiger partial charge in [0.1, 0.15) is 5.82 Å². The molecule has 1 aromatic rings. The molecule has 0 atom stereocenters. The zero-order valence-electron chi connectivity index (χ0n) is 8.51. The predicted molar refractivity (Wildman–Crippen MR) is 56.9 cm³/mol. The molecule has 2 nitrogen and oxygen atoms in total.